The number of aryl methyl sites for hydroxylation is 1. The molecule has 2 heterocycles. The number of carbonyl (C=O) groups is 1. The number of ether oxygens (including phenoxy) is 3. The second-order valence-corrected chi connectivity index (χ2v) is 15.5. The van der Waals surface area contributed by atoms with Crippen LogP contribution in [-0.2, 0) is 20.7 Å². The van der Waals surface area contributed by atoms with E-state index in [9.17, 15) is 4.79 Å². The Balaban J connectivity index is 1.85. The summed E-state index contributed by atoms with van der Waals surface area (Å²) in [6, 6.07) is 4.30. The number of benzene rings is 1. The van der Waals surface area contributed by atoms with E-state index in [0.29, 0.717) is 32.5 Å². The van der Waals surface area contributed by atoms with E-state index in [0.717, 1.165) is 41.1 Å². The Labute approximate surface area is 193 Å². The van der Waals surface area contributed by atoms with E-state index in [4.69, 9.17) is 18.6 Å². The second-order valence-electron chi connectivity index (χ2n) is 10.8. The van der Waals surface area contributed by atoms with Gasteiger partial charge in [-0.1, -0.05) is 40.5 Å². The van der Waals surface area contributed by atoms with Gasteiger partial charge in [0.25, 0.3) is 8.32 Å². The average molecular weight is 459 g/mol. The van der Waals surface area contributed by atoms with Gasteiger partial charge in [-0.3, -0.25) is 4.79 Å². The minimum absolute atomic E-state index is 0.0616. The highest BCUT2D eigenvalue weighted by atomic mass is 28.4. The van der Waals surface area contributed by atoms with Crippen molar-refractivity contribution < 1.29 is 23.4 Å². The number of hydrogen-bond acceptors (Lipinski definition) is 5. The van der Waals surface area contributed by atoms with Crippen LogP contribution in [0.15, 0.2) is 17.7 Å². The first-order valence-electron chi connectivity index (χ1n) is 12.1. The molecule has 5 nitrogen and oxygen atoms in total. The summed E-state index contributed by atoms with van der Waals surface area (Å²) in [5, 5.41) is 0.0616. The lowest BCUT2D eigenvalue weighted by Gasteiger charge is -2.41. The molecular weight excluding hydrogens is 420 g/mol. The zero-order valence-electron chi connectivity index (χ0n) is 20.6. The first-order valence-corrected chi connectivity index (χ1v) is 15.0. The molecule has 4 rings (SSSR count). The third-order valence-corrected chi connectivity index (χ3v) is 11.7. The van der Waals surface area contributed by atoms with Crippen molar-refractivity contribution >= 4 is 19.7 Å². The molecule has 176 valence electrons. The molecule has 1 saturated heterocycles. The number of carbonyl (C=O) groups excluding carboxylic acids is 1. The summed E-state index contributed by atoms with van der Waals surface area (Å²) in [4.78, 5) is 12.5. The molecule has 0 N–H and O–H groups in total. The molecular formula is C26H38O5Si. The van der Waals surface area contributed by atoms with Gasteiger partial charge in [-0.2, -0.15) is 0 Å². The standard InChI is InChI=1S/C26H38O5Si/c1-7-8-9-10-18-15-22-24(23(16-18)31-32(5,6)25(2,3)4)20-17-19(27)11-12-21(20)26(30-22)28-13-14-29-26/h15-16H,7-14,17H2,1-6H3. The number of ketones is 1. The quantitative estimate of drug-likeness (QED) is 0.364. The third kappa shape index (κ3) is 4.29. The minimum atomic E-state index is -2.11. The van der Waals surface area contributed by atoms with Crippen LogP contribution in [0.2, 0.25) is 18.1 Å². The van der Waals surface area contributed by atoms with E-state index < -0.39 is 14.3 Å². The van der Waals surface area contributed by atoms with Crippen molar-refractivity contribution in [2.75, 3.05) is 13.2 Å². The Morgan fingerprint density at radius 1 is 1.09 bits per heavy atom. The monoisotopic (exact) mass is 458 g/mol. The predicted octanol–water partition coefficient (Wildman–Crippen LogP) is 6.40. The summed E-state index contributed by atoms with van der Waals surface area (Å²) in [5.74, 6) is 0.646. The molecule has 0 radical (unpaired) electrons. The van der Waals surface area contributed by atoms with Crippen LogP contribution in [0.3, 0.4) is 0 Å². The van der Waals surface area contributed by atoms with Crippen molar-refractivity contribution in [3.63, 3.8) is 0 Å². The molecule has 32 heavy (non-hydrogen) atoms. The Bertz CT molecular complexity index is 919. The summed E-state index contributed by atoms with van der Waals surface area (Å²) >= 11 is 0. The van der Waals surface area contributed by atoms with Crippen LogP contribution in [0.25, 0.3) is 5.57 Å². The van der Waals surface area contributed by atoms with E-state index in [1.807, 2.05) is 0 Å². The van der Waals surface area contributed by atoms with Gasteiger partial charge in [0.2, 0.25) is 0 Å². The van der Waals surface area contributed by atoms with Gasteiger partial charge in [0.05, 0.1) is 18.8 Å². The Morgan fingerprint density at radius 3 is 2.47 bits per heavy atom. The van der Waals surface area contributed by atoms with E-state index in [1.165, 1.54) is 18.4 Å². The molecule has 1 spiro atoms. The molecule has 0 aromatic heterocycles. The Kier molecular flexibility index (Phi) is 6.33. The van der Waals surface area contributed by atoms with E-state index in [1.54, 1.807) is 0 Å². The minimum Gasteiger partial charge on any atom is -0.543 e. The Morgan fingerprint density at radius 2 is 1.81 bits per heavy atom. The smallest absolute Gasteiger partial charge is 0.352 e. The first kappa shape index (κ1) is 23.5. The third-order valence-electron chi connectivity index (χ3n) is 7.34. The maximum absolute atomic E-state index is 12.5. The molecule has 0 unspecified atom stereocenters. The largest absolute Gasteiger partial charge is 0.543 e. The van der Waals surface area contributed by atoms with Gasteiger partial charge in [-0.25, -0.2) is 0 Å². The SMILES string of the molecule is CCCCCc1cc2c(c(O[Si](C)(C)C(C)(C)C)c1)C1=C(CCC(=O)C1)C1(OCCO1)O2. The lowest BCUT2D eigenvalue weighted by molar-refractivity contribution is -0.260. The zero-order chi connectivity index (χ0) is 23.1. The summed E-state index contributed by atoms with van der Waals surface area (Å²) in [5.41, 5.74) is 4.08. The van der Waals surface area contributed by atoms with Crippen molar-refractivity contribution in [1.29, 1.82) is 0 Å². The molecule has 2 aliphatic heterocycles. The van der Waals surface area contributed by atoms with Crippen molar-refractivity contribution in [3.05, 3.63) is 28.8 Å². The maximum Gasteiger partial charge on any atom is 0.352 e. The number of Topliss-reactive ketones (excluding diaryl/α,β-unsaturated/α-hetero) is 1. The van der Waals surface area contributed by atoms with E-state index in [2.05, 4.69) is 52.9 Å². The molecule has 1 aliphatic carbocycles. The molecule has 1 aromatic rings. The van der Waals surface area contributed by atoms with Crippen LogP contribution in [0.1, 0.15) is 77.3 Å². The van der Waals surface area contributed by atoms with Gasteiger partial charge in [0, 0.05) is 18.4 Å². The van der Waals surface area contributed by atoms with Crippen LogP contribution < -0.4 is 9.16 Å². The lowest BCUT2D eigenvalue weighted by atomic mass is 9.82. The zero-order valence-corrected chi connectivity index (χ0v) is 21.6. The summed E-state index contributed by atoms with van der Waals surface area (Å²) in [6.45, 7) is 14.5. The lowest BCUT2D eigenvalue weighted by Crippen LogP contribution is -2.45. The fourth-order valence-corrected chi connectivity index (χ4v) is 5.49. The number of hydrogen-bond donors (Lipinski definition) is 0. The Hall–Kier alpha value is -1.63. The fraction of sp³-hybridized carbons (Fsp3) is 0.654. The fourth-order valence-electron chi connectivity index (χ4n) is 4.47. The topological polar surface area (TPSA) is 54.0 Å². The van der Waals surface area contributed by atoms with Gasteiger partial charge in [0.15, 0.2) is 0 Å². The number of unbranched alkanes of at least 4 members (excludes halogenated alkanes) is 2. The van der Waals surface area contributed by atoms with Gasteiger partial charge in [0.1, 0.15) is 17.3 Å². The van der Waals surface area contributed by atoms with E-state index in [-0.39, 0.29) is 10.8 Å². The second kappa shape index (κ2) is 8.62. The van der Waals surface area contributed by atoms with Crippen molar-refractivity contribution in [3.8, 4) is 11.5 Å². The number of rotatable bonds is 6. The van der Waals surface area contributed by atoms with Crippen LogP contribution in [0, 0.1) is 0 Å². The number of allylic oxidation sites excluding steroid dienone is 1. The van der Waals surface area contributed by atoms with Crippen LogP contribution in [0.4, 0.5) is 0 Å². The molecule has 0 bridgehead atoms. The normalized spacial score (nSPS) is 20.2. The number of fused-ring (bicyclic) bond motifs is 3. The van der Waals surface area contributed by atoms with Gasteiger partial charge < -0.3 is 18.6 Å². The first-order chi connectivity index (χ1) is 15.1. The van der Waals surface area contributed by atoms with Crippen molar-refractivity contribution in [1.82, 2.24) is 0 Å². The molecule has 1 aromatic carbocycles. The predicted molar refractivity (Wildman–Crippen MR) is 129 cm³/mol. The van der Waals surface area contributed by atoms with Gasteiger partial charge >= 0.3 is 5.97 Å². The average Bonchev–Trinajstić information content (AvgIpc) is 3.15. The van der Waals surface area contributed by atoms with Gasteiger partial charge in [-0.15, -0.1) is 0 Å². The molecule has 0 saturated carbocycles. The molecule has 0 amide bonds. The van der Waals surface area contributed by atoms with Crippen molar-refractivity contribution in [2.24, 2.45) is 0 Å². The molecule has 0 atom stereocenters. The highest BCUT2D eigenvalue weighted by Crippen LogP contribution is 2.53. The molecule has 1 fully saturated rings. The van der Waals surface area contributed by atoms with Crippen LogP contribution in [-0.4, -0.2) is 33.3 Å². The van der Waals surface area contributed by atoms with Crippen LogP contribution >= 0.6 is 0 Å². The summed E-state index contributed by atoms with van der Waals surface area (Å²) in [6.07, 6.45) is 5.94. The molecule has 3 aliphatic rings. The van der Waals surface area contributed by atoms with Gasteiger partial charge in [-0.05, 0) is 60.7 Å². The maximum atomic E-state index is 12.5. The van der Waals surface area contributed by atoms with Crippen molar-refractivity contribution in [2.45, 2.75) is 96.7 Å². The highest BCUT2D eigenvalue weighted by Gasteiger charge is 2.51. The highest BCUT2D eigenvalue weighted by molar-refractivity contribution is 6.74. The van der Waals surface area contributed by atoms with E-state index >= 15 is 0 Å². The summed E-state index contributed by atoms with van der Waals surface area (Å²) in [7, 11) is -2.11. The molecule has 6 heteroatoms. The van der Waals surface area contributed by atoms with Crippen LogP contribution in [0.5, 0.6) is 11.5 Å². The summed E-state index contributed by atoms with van der Waals surface area (Å²) < 4.78 is 25.4.